The summed E-state index contributed by atoms with van der Waals surface area (Å²) in [7, 11) is 0. The first-order valence-corrected chi connectivity index (χ1v) is 5.27. The van der Waals surface area contributed by atoms with Crippen LogP contribution in [-0.2, 0) is 4.74 Å². The van der Waals surface area contributed by atoms with Gasteiger partial charge >= 0.3 is 0 Å². The minimum absolute atomic E-state index is 0.431. The van der Waals surface area contributed by atoms with E-state index in [9.17, 15) is 0 Å². The Kier molecular flexibility index (Phi) is 13.2. The molecule has 0 aromatic carbocycles. The van der Waals surface area contributed by atoms with Crippen LogP contribution in [0.2, 0.25) is 0 Å². The van der Waals surface area contributed by atoms with Crippen molar-refractivity contribution in [2.75, 3.05) is 0 Å². The molecule has 0 N–H and O–H groups in total. The summed E-state index contributed by atoms with van der Waals surface area (Å²) < 4.78 is 5.55. The van der Waals surface area contributed by atoms with Gasteiger partial charge in [-0.1, -0.05) is 34.1 Å². The zero-order valence-electron chi connectivity index (χ0n) is 9.68. The van der Waals surface area contributed by atoms with Gasteiger partial charge in [0.25, 0.3) is 0 Å². The lowest BCUT2D eigenvalue weighted by atomic mass is 10.3. The molecule has 0 fully saturated rings. The maximum atomic E-state index is 5.55. The van der Waals surface area contributed by atoms with Crippen LogP contribution in [0.3, 0.4) is 0 Å². The molecule has 2 atom stereocenters. The van der Waals surface area contributed by atoms with Crippen LogP contribution >= 0.6 is 0 Å². The molecule has 0 aliphatic heterocycles. The van der Waals surface area contributed by atoms with Gasteiger partial charge in [0.05, 0.1) is 12.2 Å². The molecule has 1 nitrogen and oxygen atoms in total. The normalized spacial score (nSPS) is 14.5. The molecule has 76 valence electrons. The summed E-state index contributed by atoms with van der Waals surface area (Å²) in [6.45, 7) is 12.8. The first-order valence-electron chi connectivity index (χ1n) is 5.27. The Hall–Kier alpha value is -0.0400. The number of ether oxygens (including phenoxy) is 1. The van der Waals surface area contributed by atoms with Gasteiger partial charge in [0, 0.05) is 0 Å². The molecule has 0 amide bonds. The first kappa shape index (κ1) is 14.5. The molecule has 0 aromatic rings. The predicted molar refractivity (Wildman–Crippen MR) is 56.6 cm³/mol. The third kappa shape index (κ3) is 12.6. The molecule has 0 bridgehead atoms. The van der Waals surface area contributed by atoms with E-state index in [4.69, 9.17) is 4.74 Å². The van der Waals surface area contributed by atoms with Crippen molar-refractivity contribution in [3.05, 3.63) is 0 Å². The summed E-state index contributed by atoms with van der Waals surface area (Å²) in [5.74, 6) is 0. The van der Waals surface area contributed by atoms with E-state index in [1.807, 2.05) is 0 Å². The third-order valence-corrected chi connectivity index (χ3v) is 1.61. The van der Waals surface area contributed by atoms with Crippen molar-refractivity contribution < 1.29 is 4.74 Å². The van der Waals surface area contributed by atoms with Crippen molar-refractivity contribution in [2.24, 2.45) is 0 Å². The van der Waals surface area contributed by atoms with Crippen LogP contribution in [0, 0.1) is 0 Å². The van der Waals surface area contributed by atoms with Crippen LogP contribution in [0.5, 0.6) is 0 Å². The Bertz CT molecular complexity index is 63.4. The molecule has 0 aromatic heterocycles. The SMILES string of the molecule is CCC.CCC(C)OC(C)CC. The van der Waals surface area contributed by atoms with Crippen molar-refractivity contribution in [2.45, 2.75) is 73.0 Å². The Morgan fingerprint density at radius 2 is 1.08 bits per heavy atom. The fourth-order valence-electron chi connectivity index (χ4n) is 0.589. The Morgan fingerprint density at radius 3 is 1.25 bits per heavy atom. The second-order valence-corrected chi connectivity index (χ2v) is 3.28. The number of hydrogen-bond acceptors (Lipinski definition) is 1. The van der Waals surface area contributed by atoms with Crippen LogP contribution in [0.1, 0.15) is 60.8 Å². The highest BCUT2D eigenvalue weighted by Gasteiger charge is 2.02. The van der Waals surface area contributed by atoms with Crippen LogP contribution in [0.25, 0.3) is 0 Å². The first-order chi connectivity index (χ1) is 5.62. The number of hydrogen-bond donors (Lipinski definition) is 0. The van der Waals surface area contributed by atoms with Crippen LogP contribution in [0.4, 0.5) is 0 Å². The van der Waals surface area contributed by atoms with E-state index in [-0.39, 0.29) is 0 Å². The van der Waals surface area contributed by atoms with Crippen LogP contribution < -0.4 is 0 Å². The highest BCUT2D eigenvalue weighted by Crippen LogP contribution is 2.03. The topological polar surface area (TPSA) is 9.23 Å². The smallest absolute Gasteiger partial charge is 0.0548 e. The minimum atomic E-state index is 0.431. The molecule has 2 unspecified atom stereocenters. The largest absolute Gasteiger partial charge is 0.376 e. The van der Waals surface area contributed by atoms with E-state index >= 15 is 0 Å². The summed E-state index contributed by atoms with van der Waals surface area (Å²) >= 11 is 0. The lowest BCUT2D eigenvalue weighted by Crippen LogP contribution is -2.14. The molecule has 0 radical (unpaired) electrons. The van der Waals surface area contributed by atoms with Gasteiger partial charge in [-0.3, -0.25) is 0 Å². The minimum Gasteiger partial charge on any atom is -0.376 e. The molecule has 0 aliphatic carbocycles. The number of rotatable bonds is 4. The summed E-state index contributed by atoms with van der Waals surface area (Å²) in [5.41, 5.74) is 0. The summed E-state index contributed by atoms with van der Waals surface area (Å²) in [6.07, 6.45) is 4.34. The fourth-order valence-corrected chi connectivity index (χ4v) is 0.589. The quantitative estimate of drug-likeness (QED) is 0.625. The average molecular weight is 174 g/mol. The van der Waals surface area contributed by atoms with E-state index in [1.54, 1.807) is 0 Å². The van der Waals surface area contributed by atoms with Crippen LogP contribution in [-0.4, -0.2) is 12.2 Å². The van der Waals surface area contributed by atoms with Crippen molar-refractivity contribution in [1.29, 1.82) is 0 Å². The predicted octanol–water partition coefficient (Wildman–Crippen LogP) is 4.02. The van der Waals surface area contributed by atoms with Gasteiger partial charge in [-0.2, -0.15) is 0 Å². The fraction of sp³-hybridized carbons (Fsp3) is 1.00. The maximum Gasteiger partial charge on any atom is 0.0548 e. The summed E-state index contributed by atoms with van der Waals surface area (Å²) in [5, 5.41) is 0. The molecule has 1 heteroatoms. The van der Waals surface area contributed by atoms with Gasteiger partial charge in [0.2, 0.25) is 0 Å². The molecular formula is C11H26O. The highest BCUT2D eigenvalue weighted by molar-refractivity contribution is 4.50. The van der Waals surface area contributed by atoms with E-state index < -0.39 is 0 Å². The van der Waals surface area contributed by atoms with Gasteiger partial charge in [0.1, 0.15) is 0 Å². The lowest BCUT2D eigenvalue weighted by molar-refractivity contribution is 0.00511. The molecule has 12 heavy (non-hydrogen) atoms. The van der Waals surface area contributed by atoms with Crippen LogP contribution in [0.15, 0.2) is 0 Å². The zero-order chi connectivity index (χ0) is 9.98. The van der Waals surface area contributed by atoms with Gasteiger partial charge in [-0.15, -0.1) is 0 Å². The van der Waals surface area contributed by atoms with E-state index in [0.29, 0.717) is 12.2 Å². The average Bonchev–Trinajstić information content (AvgIpc) is 2.05. The second-order valence-electron chi connectivity index (χ2n) is 3.28. The lowest BCUT2D eigenvalue weighted by Gasteiger charge is -2.15. The summed E-state index contributed by atoms with van der Waals surface area (Å²) in [4.78, 5) is 0. The van der Waals surface area contributed by atoms with Crippen molar-refractivity contribution in [3.8, 4) is 0 Å². The standard InChI is InChI=1S/C8H18O.C3H8/c1-5-7(3)9-8(4)6-2;1-3-2/h7-8H,5-6H2,1-4H3;3H2,1-2H3. The van der Waals surface area contributed by atoms with Gasteiger partial charge in [-0.05, 0) is 26.7 Å². The van der Waals surface area contributed by atoms with Crippen molar-refractivity contribution in [3.63, 3.8) is 0 Å². The van der Waals surface area contributed by atoms with E-state index in [1.165, 1.54) is 6.42 Å². The third-order valence-electron chi connectivity index (χ3n) is 1.61. The molecule has 0 saturated carbocycles. The van der Waals surface area contributed by atoms with Crippen molar-refractivity contribution in [1.82, 2.24) is 0 Å². The van der Waals surface area contributed by atoms with Crippen molar-refractivity contribution >= 4 is 0 Å². The van der Waals surface area contributed by atoms with E-state index in [0.717, 1.165) is 12.8 Å². The Balaban J connectivity index is 0. The van der Waals surface area contributed by atoms with Gasteiger partial charge in [0.15, 0.2) is 0 Å². The van der Waals surface area contributed by atoms with Gasteiger partial charge in [-0.25, -0.2) is 0 Å². The van der Waals surface area contributed by atoms with E-state index in [2.05, 4.69) is 41.5 Å². The van der Waals surface area contributed by atoms with Gasteiger partial charge < -0.3 is 4.74 Å². The summed E-state index contributed by atoms with van der Waals surface area (Å²) in [6, 6.07) is 0. The monoisotopic (exact) mass is 174 g/mol. The maximum absolute atomic E-state index is 5.55. The molecule has 0 heterocycles. The second kappa shape index (κ2) is 11.0. The molecule has 0 rings (SSSR count). The molecule has 0 aliphatic rings. The molecular weight excluding hydrogens is 148 g/mol. The molecule has 0 saturated heterocycles. The highest BCUT2D eigenvalue weighted by atomic mass is 16.5. The zero-order valence-corrected chi connectivity index (χ0v) is 9.68. The molecule has 0 spiro atoms. The Labute approximate surface area is 78.5 Å². The Morgan fingerprint density at radius 1 is 0.833 bits per heavy atom.